The van der Waals surface area contributed by atoms with E-state index in [0.29, 0.717) is 18.2 Å². The van der Waals surface area contributed by atoms with Gasteiger partial charge in [-0.2, -0.15) is 5.21 Å². The van der Waals surface area contributed by atoms with Gasteiger partial charge < -0.3 is 4.74 Å². The SMILES string of the molecule is Fc1ccc(OCCCN2CCC=C(c3nn[nH]n3)C2)cc1. The maximum absolute atomic E-state index is 12.8. The second-order valence-corrected chi connectivity index (χ2v) is 5.19. The van der Waals surface area contributed by atoms with Crippen molar-refractivity contribution in [3.63, 3.8) is 0 Å². The van der Waals surface area contributed by atoms with Crippen molar-refractivity contribution in [3.8, 4) is 5.75 Å². The first kappa shape index (κ1) is 14.6. The Labute approximate surface area is 128 Å². The summed E-state index contributed by atoms with van der Waals surface area (Å²) in [7, 11) is 0. The topological polar surface area (TPSA) is 66.9 Å². The van der Waals surface area contributed by atoms with Crippen LogP contribution in [-0.4, -0.2) is 51.8 Å². The van der Waals surface area contributed by atoms with E-state index in [1.54, 1.807) is 12.1 Å². The third kappa shape index (κ3) is 3.88. The molecule has 0 bridgehead atoms. The minimum atomic E-state index is -0.249. The summed E-state index contributed by atoms with van der Waals surface area (Å²) in [6.07, 6.45) is 4.07. The van der Waals surface area contributed by atoms with Crippen molar-refractivity contribution < 1.29 is 9.13 Å². The normalized spacial score (nSPS) is 15.6. The molecular weight excluding hydrogens is 285 g/mol. The number of hydrogen-bond acceptors (Lipinski definition) is 5. The molecular formula is C15H18FN5O. The quantitative estimate of drug-likeness (QED) is 0.826. The molecule has 1 aromatic carbocycles. The summed E-state index contributed by atoms with van der Waals surface area (Å²) in [6, 6.07) is 6.10. The first-order valence-corrected chi connectivity index (χ1v) is 7.35. The van der Waals surface area contributed by atoms with E-state index in [9.17, 15) is 4.39 Å². The molecule has 1 aromatic heterocycles. The number of ether oxygens (including phenoxy) is 1. The number of nitrogens with zero attached hydrogens (tertiary/aromatic N) is 4. The third-order valence-electron chi connectivity index (χ3n) is 3.56. The molecule has 2 heterocycles. The fraction of sp³-hybridized carbons (Fsp3) is 0.400. The lowest BCUT2D eigenvalue weighted by atomic mass is 10.1. The maximum Gasteiger partial charge on any atom is 0.201 e. The number of benzene rings is 1. The van der Waals surface area contributed by atoms with Gasteiger partial charge in [0.25, 0.3) is 0 Å². The molecule has 2 aromatic rings. The van der Waals surface area contributed by atoms with E-state index < -0.39 is 0 Å². The highest BCUT2D eigenvalue weighted by Gasteiger charge is 2.16. The second-order valence-electron chi connectivity index (χ2n) is 5.19. The molecule has 0 fully saturated rings. The molecule has 1 aliphatic rings. The average molecular weight is 303 g/mol. The molecule has 7 heteroatoms. The van der Waals surface area contributed by atoms with Crippen LogP contribution in [0.25, 0.3) is 5.57 Å². The van der Waals surface area contributed by atoms with E-state index in [2.05, 4.69) is 31.6 Å². The maximum atomic E-state index is 12.8. The van der Waals surface area contributed by atoms with Crippen molar-refractivity contribution in [2.75, 3.05) is 26.2 Å². The number of halogens is 1. The molecule has 22 heavy (non-hydrogen) atoms. The zero-order valence-electron chi connectivity index (χ0n) is 12.2. The fourth-order valence-electron chi connectivity index (χ4n) is 2.47. The number of rotatable bonds is 6. The predicted molar refractivity (Wildman–Crippen MR) is 79.7 cm³/mol. The van der Waals surface area contributed by atoms with Crippen LogP contribution in [0.3, 0.4) is 0 Å². The van der Waals surface area contributed by atoms with E-state index in [1.165, 1.54) is 12.1 Å². The first-order chi connectivity index (χ1) is 10.8. The highest BCUT2D eigenvalue weighted by atomic mass is 19.1. The Bertz CT molecular complexity index is 611. The van der Waals surface area contributed by atoms with Gasteiger partial charge in [-0.3, -0.25) is 4.90 Å². The molecule has 0 saturated heterocycles. The van der Waals surface area contributed by atoms with Crippen LogP contribution in [0.2, 0.25) is 0 Å². The van der Waals surface area contributed by atoms with Crippen molar-refractivity contribution in [1.82, 2.24) is 25.5 Å². The van der Waals surface area contributed by atoms with Crippen LogP contribution in [0.5, 0.6) is 5.75 Å². The second kappa shape index (κ2) is 7.13. The molecule has 0 radical (unpaired) electrons. The molecule has 116 valence electrons. The Hall–Kier alpha value is -2.28. The molecule has 0 aliphatic carbocycles. The number of H-pyrrole nitrogens is 1. The number of nitrogens with one attached hydrogen (secondary N) is 1. The van der Waals surface area contributed by atoms with E-state index in [-0.39, 0.29) is 5.82 Å². The Morgan fingerprint density at radius 1 is 1.27 bits per heavy atom. The molecule has 0 atom stereocenters. The van der Waals surface area contributed by atoms with Crippen LogP contribution < -0.4 is 4.74 Å². The Balaban J connectivity index is 1.41. The summed E-state index contributed by atoms with van der Waals surface area (Å²) in [6.45, 7) is 3.41. The van der Waals surface area contributed by atoms with Crippen molar-refractivity contribution >= 4 is 5.57 Å². The molecule has 0 saturated carbocycles. The minimum absolute atomic E-state index is 0.249. The zero-order chi connectivity index (χ0) is 15.2. The molecule has 0 amide bonds. The summed E-state index contributed by atoms with van der Waals surface area (Å²) >= 11 is 0. The summed E-state index contributed by atoms with van der Waals surface area (Å²) < 4.78 is 18.4. The Kier molecular flexibility index (Phi) is 4.75. The molecule has 6 nitrogen and oxygen atoms in total. The lowest BCUT2D eigenvalue weighted by Gasteiger charge is -2.25. The monoisotopic (exact) mass is 303 g/mol. The summed E-state index contributed by atoms with van der Waals surface area (Å²) in [5.74, 6) is 1.13. The van der Waals surface area contributed by atoms with Crippen LogP contribution in [0, 0.1) is 5.82 Å². The number of tetrazole rings is 1. The fourth-order valence-corrected chi connectivity index (χ4v) is 2.47. The van der Waals surface area contributed by atoms with Crippen LogP contribution >= 0.6 is 0 Å². The molecule has 3 rings (SSSR count). The largest absolute Gasteiger partial charge is 0.494 e. The van der Waals surface area contributed by atoms with E-state index in [4.69, 9.17) is 4.74 Å². The van der Waals surface area contributed by atoms with E-state index in [1.807, 2.05) is 0 Å². The molecule has 0 spiro atoms. The van der Waals surface area contributed by atoms with Gasteiger partial charge in [0.1, 0.15) is 11.6 Å². The molecule has 0 unspecified atom stereocenters. The average Bonchev–Trinajstić information content (AvgIpc) is 3.08. The van der Waals surface area contributed by atoms with Crippen LogP contribution in [0.4, 0.5) is 4.39 Å². The standard InChI is InChI=1S/C15H18FN5O/c16-13-4-6-14(7-5-13)22-10-2-9-21-8-1-3-12(11-21)15-17-19-20-18-15/h3-7H,1-2,8-11H2,(H,17,18,19,20). The van der Waals surface area contributed by atoms with Gasteiger partial charge >= 0.3 is 0 Å². The Morgan fingerprint density at radius 3 is 2.91 bits per heavy atom. The van der Waals surface area contributed by atoms with Gasteiger partial charge in [-0.05, 0) is 42.3 Å². The van der Waals surface area contributed by atoms with Gasteiger partial charge in [0.15, 0.2) is 0 Å². The third-order valence-corrected chi connectivity index (χ3v) is 3.56. The van der Waals surface area contributed by atoms with Crippen LogP contribution in [0.15, 0.2) is 30.3 Å². The van der Waals surface area contributed by atoms with Gasteiger partial charge in [0, 0.05) is 25.2 Å². The summed E-state index contributed by atoms with van der Waals surface area (Å²) in [5.41, 5.74) is 1.11. The van der Waals surface area contributed by atoms with Gasteiger partial charge in [0.05, 0.1) is 6.61 Å². The van der Waals surface area contributed by atoms with Crippen LogP contribution in [-0.2, 0) is 0 Å². The van der Waals surface area contributed by atoms with Crippen LogP contribution in [0.1, 0.15) is 18.7 Å². The Morgan fingerprint density at radius 2 is 2.14 bits per heavy atom. The number of aromatic nitrogens is 4. The lowest BCUT2D eigenvalue weighted by Crippen LogP contribution is -2.31. The zero-order valence-corrected chi connectivity index (χ0v) is 12.2. The molecule has 1 N–H and O–H groups in total. The number of aromatic amines is 1. The highest BCUT2D eigenvalue weighted by molar-refractivity contribution is 5.61. The molecule has 1 aliphatic heterocycles. The predicted octanol–water partition coefficient (Wildman–Crippen LogP) is 1.90. The van der Waals surface area contributed by atoms with E-state index >= 15 is 0 Å². The summed E-state index contributed by atoms with van der Waals surface area (Å²) in [4.78, 5) is 2.35. The van der Waals surface area contributed by atoms with Gasteiger partial charge in [-0.15, -0.1) is 10.2 Å². The van der Waals surface area contributed by atoms with Gasteiger partial charge in [0.2, 0.25) is 5.82 Å². The first-order valence-electron chi connectivity index (χ1n) is 7.35. The van der Waals surface area contributed by atoms with Crippen molar-refractivity contribution in [3.05, 3.63) is 42.0 Å². The van der Waals surface area contributed by atoms with Crippen molar-refractivity contribution in [2.45, 2.75) is 12.8 Å². The summed E-state index contributed by atoms with van der Waals surface area (Å²) in [5, 5.41) is 14.1. The van der Waals surface area contributed by atoms with E-state index in [0.717, 1.165) is 38.0 Å². The number of hydrogen-bond donors (Lipinski definition) is 1. The van der Waals surface area contributed by atoms with Gasteiger partial charge in [-0.25, -0.2) is 4.39 Å². The van der Waals surface area contributed by atoms with Gasteiger partial charge in [-0.1, -0.05) is 6.08 Å². The van der Waals surface area contributed by atoms with Crippen molar-refractivity contribution in [1.29, 1.82) is 0 Å². The smallest absolute Gasteiger partial charge is 0.201 e. The van der Waals surface area contributed by atoms with Crippen molar-refractivity contribution in [2.24, 2.45) is 0 Å². The minimum Gasteiger partial charge on any atom is -0.494 e. The highest BCUT2D eigenvalue weighted by Crippen LogP contribution is 2.17. The lowest BCUT2D eigenvalue weighted by molar-refractivity contribution is 0.249.